The predicted molar refractivity (Wildman–Crippen MR) is 112 cm³/mol. The van der Waals surface area contributed by atoms with Crippen molar-refractivity contribution in [2.45, 2.75) is 5.75 Å². The Labute approximate surface area is 168 Å². The van der Waals surface area contributed by atoms with E-state index >= 15 is 0 Å². The number of nitrogens with zero attached hydrogens (tertiary/aromatic N) is 1. The second kappa shape index (κ2) is 11.3. The number of benzene rings is 2. The van der Waals surface area contributed by atoms with Crippen molar-refractivity contribution in [1.82, 2.24) is 5.43 Å². The maximum Gasteiger partial charge on any atom is 0.250 e. The average Bonchev–Trinajstić information content (AvgIpc) is 2.68. The van der Waals surface area contributed by atoms with Crippen LogP contribution < -0.4 is 14.9 Å². The molecule has 142 valence electrons. The number of rotatable bonds is 10. The molecule has 5 nitrogen and oxygen atoms in total. The summed E-state index contributed by atoms with van der Waals surface area (Å²) in [5.41, 5.74) is 4.30. The van der Waals surface area contributed by atoms with Gasteiger partial charge in [0.15, 0.2) is 11.5 Å². The second-order valence-corrected chi connectivity index (χ2v) is 6.78. The van der Waals surface area contributed by atoms with E-state index in [0.717, 1.165) is 11.1 Å². The Balaban J connectivity index is 1.81. The van der Waals surface area contributed by atoms with Gasteiger partial charge >= 0.3 is 0 Å². The summed E-state index contributed by atoms with van der Waals surface area (Å²) in [4.78, 5) is 11.9. The summed E-state index contributed by atoms with van der Waals surface area (Å²) in [7, 11) is 1.56. The van der Waals surface area contributed by atoms with Crippen LogP contribution in [0.25, 0.3) is 0 Å². The molecule has 2 aromatic carbocycles. The van der Waals surface area contributed by atoms with Crippen LogP contribution in [0.5, 0.6) is 11.5 Å². The highest BCUT2D eigenvalue weighted by molar-refractivity contribution is 7.99. The molecule has 0 spiro atoms. The minimum Gasteiger partial charge on any atom is -0.493 e. The van der Waals surface area contributed by atoms with Crippen LogP contribution >= 0.6 is 23.4 Å². The Morgan fingerprint density at radius 2 is 2.11 bits per heavy atom. The Hall–Kier alpha value is -2.44. The van der Waals surface area contributed by atoms with Gasteiger partial charge in [-0.2, -0.15) is 5.10 Å². The highest BCUT2D eigenvalue weighted by Gasteiger charge is 2.05. The van der Waals surface area contributed by atoms with Crippen molar-refractivity contribution < 1.29 is 14.3 Å². The number of hydrazone groups is 1. The second-order valence-electron chi connectivity index (χ2n) is 5.39. The lowest BCUT2D eigenvalue weighted by Gasteiger charge is -2.09. The monoisotopic (exact) mass is 404 g/mol. The van der Waals surface area contributed by atoms with E-state index < -0.39 is 0 Å². The molecule has 0 fully saturated rings. The Morgan fingerprint density at radius 1 is 1.30 bits per heavy atom. The first kappa shape index (κ1) is 20.9. The number of hydrogen-bond donors (Lipinski definition) is 1. The standard InChI is InChI=1S/C20H21ClN2O3S/c1-3-10-26-18-9-8-15(11-19(18)25-2)12-22-23-20(24)14-27-13-16-6-4-5-7-17(16)21/h3-9,11-12H,1,10,13-14H2,2H3,(H,23,24). The van der Waals surface area contributed by atoms with Crippen LogP contribution in [0.4, 0.5) is 0 Å². The summed E-state index contributed by atoms with van der Waals surface area (Å²) < 4.78 is 10.8. The fraction of sp³-hybridized carbons (Fsp3) is 0.200. The van der Waals surface area contributed by atoms with Crippen LogP contribution in [0, 0.1) is 0 Å². The number of carbonyl (C=O) groups excluding carboxylic acids is 1. The number of amides is 1. The van der Waals surface area contributed by atoms with Gasteiger partial charge in [0.2, 0.25) is 5.91 Å². The van der Waals surface area contributed by atoms with Crippen LogP contribution in [0.15, 0.2) is 60.2 Å². The Bertz CT molecular complexity index is 812. The molecule has 0 heterocycles. The summed E-state index contributed by atoms with van der Waals surface area (Å²) in [5, 5.41) is 4.68. The third-order valence-corrected chi connectivity index (χ3v) is 4.75. The Morgan fingerprint density at radius 3 is 2.85 bits per heavy atom. The number of ether oxygens (including phenoxy) is 2. The average molecular weight is 405 g/mol. The summed E-state index contributed by atoms with van der Waals surface area (Å²) in [5.74, 6) is 1.98. The molecule has 0 aliphatic rings. The zero-order chi connectivity index (χ0) is 19.5. The van der Waals surface area contributed by atoms with Crippen molar-refractivity contribution in [3.05, 3.63) is 71.3 Å². The van der Waals surface area contributed by atoms with Gasteiger partial charge in [0.05, 0.1) is 19.1 Å². The SMILES string of the molecule is C=CCOc1ccc(C=NNC(=O)CSCc2ccccc2Cl)cc1OC. The van der Waals surface area contributed by atoms with Gasteiger partial charge in [0.1, 0.15) is 6.61 Å². The minimum atomic E-state index is -0.179. The van der Waals surface area contributed by atoms with E-state index in [1.165, 1.54) is 11.8 Å². The molecule has 1 amide bonds. The molecule has 27 heavy (non-hydrogen) atoms. The molecule has 0 saturated carbocycles. The zero-order valence-corrected chi connectivity index (χ0v) is 16.6. The van der Waals surface area contributed by atoms with E-state index in [1.807, 2.05) is 30.3 Å². The molecule has 0 unspecified atom stereocenters. The smallest absolute Gasteiger partial charge is 0.250 e. The fourth-order valence-corrected chi connectivity index (χ4v) is 3.22. The van der Waals surface area contributed by atoms with Crippen LogP contribution in [0.2, 0.25) is 5.02 Å². The van der Waals surface area contributed by atoms with E-state index in [1.54, 1.807) is 31.5 Å². The number of thioether (sulfide) groups is 1. The predicted octanol–water partition coefficient (Wildman–Crippen LogP) is 4.30. The number of nitrogens with one attached hydrogen (secondary N) is 1. The van der Waals surface area contributed by atoms with E-state index in [0.29, 0.717) is 34.6 Å². The molecule has 2 rings (SSSR count). The summed E-state index contributed by atoms with van der Waals surface area (Å²) in [6, 6.07) is 13.0. The minimum absolute atomic E-state index is 0.179. The number of halogens is 1. The van der Waals surface area contributed by atoms with Gasteiger partial charge in [0.25, 0.3) is 0 Å². The molecule has 0 radical (unpaired) electrons. The van der Waals surface area contributed by atoms with Crippen molar-refractivity contribution in [3.8, 4) is 11.5 Å². The summed E-state index contributed by atoms with van der Waals surface area (Å²) in [6.45, 7) is 4.01. The first-order valence-corrected chi connectivity index (χ1v) is 9.72. The summed E-state index contributed by atoms with van der Waals surface area (Å²) in [6.07, 6.45) is 3.21. The van der Waals surface area contributed by atoms with Gasteiger partial charge in [-0.3, -0.25) is 4.79 Å². The third-order valence-electron chi connectivity index (χ3n) is 3.40. The molecular weight excluding hydrogens is 384 g/mol. The van der Waals surface area contributed by atoms with Crippen molar-refractivity contribution in [3.63, 3.8) is 0 Å². The van der Waals surface area contributed by atoms with Crippen molar-refractivity contribution in [2.75, 3.05) is 19.5 Å². The van der Waals surface area contributed by atoms with Crippen LogP contribution in [0.1, 0.15) is 11.1 Å². The lowest BCUT2D eigenvalue weighted by molar-refractivity contribution is -0.118. The summed E-state index contributed by atoms with van der Waals surface area (Å²) >= 11 is 7.57. The topological polar surface area (TPSA) is 59.9 Å². The fourth-order valence-electron chi connectivity index (χ4n) is 2.11. The molecule has 7 heteroatoms. The molecule has 0 saturated heterocycles. The molecule has 2 aromatic rings. The number of hydrogen-bond acceptors (Lipinski definition) is 5. The highest BCUT2D eigenvalue weighted by Crippen LogP contribution is 2.27. The van der Waals surface area contributed by atoms with Gasteiger partial charge in [0, 0.05) is 10.8 Å². The molecule has 0 aliphatic carbocycles. The van der Waals surface area contributed by atoms with Crippen molar-refractivity contribution >= 4 is 35.5 Å². The van der Waals surface area contributed by atoms with Gasteiger partial charge < -0.3 is 9.47 Å². The van der Waals surface area contributed by atoms with Crippen LogP contribution in [-0.4, -0.2) is 31.6 Å². The van der Waals surface area contributed by atoms with Gasteiger partial charge in [-0.1, -0.05) is 42.5 Å². The van der Waals surface area contributed by atoms with Gasteiger partial charge in [-0.05, 0) is 35.4 Å². The van der Waals surface area contributed by atoms with Gasteiger partial charge in [-0.15, -0.1) is 11.8 Å². The maximum atomic E-state index is 11.9. The van der Waals surface area contributed by atoms with Crippen LogP contribution in [-0.2, 0) is 10.5 Å². The largest absolute Gasteiger partial charge is 0.493 e. The molecule has 0 atom stereocenters. The Kier molecular flexibility index (Phi) is 8.74. The first-order valence-electron chi connectivity index (χ1n) is 8.19. The lowest BCUT2D eigenvalue weighted by Crippen LogP contribution is -2.19. The van der Waals surface area contributed by atoms with Crippen LogP contribution in [0.3, 0.4) is 0 Å². The zero-order valence-electron chi connectivity index (χ0n) is 15.0. The third kappa shape index (κ3) is 7.00. The van der Waals surface area contributed by atoms with E-state index in [4.69, 9.17) is 21.1 Å². The van der Waals surface area contributed by atoms with E-state index in [9.17, 15) is 4.79 Å². The van der Waals surface area contributed by atoms with Crippen molar-refractivity contribution in [2.24, 2.45) is 5.10 Å². The quantitative estimate of drug-likeness (QED) is 0.364. The molecule has 1 N–H and O–H groups in total. The van der Waals surface area contributed by atoms with Crippen molar-refractivity contribution in [1.29, 1.82) is 0 Å². The van der Waals surface area contributed by atoms with E-state index in [-0.39, 0.29) is 5.91 Å². The van der Waals surface area contributed by atoms with Gasteiger partial charge in [-0.25, -0.2) is 5.43 Å². The normalized spacial score (nSPS) is 10.6. The number of carbonyl (C=O) groups is 1. The molecule has 0 bridgehead atoms. The maximum absolute atomic E-state index is 11.9. The van der Waals surface area contributed by atoms with E-state index in [2.05, 4.69) is 17.1 Å². The first-order chi connectivity index (χ1) is 13.1. The number of methoxy groups -OCH3 is 1. The molecule has 0 aliphatic heterocycles. The molecular formula is C20H21ClN2O3S. The highest BCUT2D eigenvalue weighted by atomic mass is 35.5. The lowest BCUT2D eigenvalue weighted by atomic mass is 10.2. The molecule has 0 aromatic heterocycles.